The van der Waals surface area contributed by atoms with E-state index in [1.54, 1.807) is 0 Å². The topological polar surface area (TPSA) is 13.1 Å². The molecule has 0 N–H and O–H groups in total. The monoisotopic (exact) mass is 668 g/mol. The minimum absolute atomic E-state index is 0.803. The van der Waals surface area contributed by atoms with Crippen molar-refractivity contribution in [2.24, 2.45) is 0 Å². The number of thiophene rings is 1. The van der Waals surface area contributed by atoms with E-state index >= 15 is 0 Å². The SMILES string of the molecule is C=Cc1oc2cc(-c3c4ccccc4c(-c4ccc(-c5ccccc5)cc4)c4ccccc34)ccc2c1-c1c(C)ccc2sc3ccccc3c12. The van der Waals surface area contributed by atoms with Crippen molar-refractivity contribution >= 4 is 70.1 Å². The largest absolute Gasteiger partial charge is 0.456 e. The van der Waals surface area contributed by atoms with Crippen LogP contribution < -0.4 is 0 Å². The van der Waals surface area contributed by atoms with Crippen LogP contribution in [0.5, 0.6) is 0 Å². The third-order valence-electron chi connectivity index (χ3n) is 10.4. The summed E-state index contributed by atoms with van der Waals surface area (Å²) in [6, 6.07) is 57.2. The van der Waals surface area contributed by atoms with Crippen LogP contribution in [0.15, 0.2) is 169 Å². The summed E-state index contributed by atoms with van der Waals surface area (Å²) in [4.78, 5) is 0. The van der Waals surface area contributed by atoms with Crippen molar-refractivity contribution in [3.05, 3.63) is 176 Å². The highest BCUT2D eigenvalue weighted by Crippen LogP contribution is 2.48. The molecule has 1 nitrogen and oxygen atoms in total. The quantitative estimate of drug-likeness (QED) is 0.166. The van der Waals surface area contributed by atoms with Gasteiger partial charge < -0.3 is 4.42 Å². The fourth-order valence-corrected chi connectivity index (χ4v) is 9.24. The predicted octanol–water partition coefficient (Wildman–Crippen LogP) is 14.7. The van der Waals surface area contributed by atoms with Crippen LogP contribution in [0.25, 0.3) is 103 Å². The second kappa shape index (κ2) is 11.7. The van der Waals surface area contributed by atoms with Gasteiger partial charge in [0.05, 0.1) is 0 Å². The summed E-state index contributed by atoms with van der Waals surface area (Å²) in [5, 5.41) is 8.58. The molecule has 0 atom stereocenters. The highest BCUT2D eigenvalue weighted by molar-refractivity contribution is 7.26. The van der Waals surface area contributed by atoms with Gasteiger partial charge in [-0.3, -0.25) is 0 Å². The summed E-state index contributed by atoms with van der Waals surface area (Å²) in [5.41, 5.74) is 11.7. The summed E-state index contributed by atoms with van der Waals surface area (Å²) in [6.45, 7) is 6.41. The fourth-order valence-electron chi connectivity index (χ4n) is 8.13. The molecule has 240 valence electrons. The van der Waals surface area contributed by atoms with E-state index < -0.39 is 0 Å². The zero-order chi connectivity index (χ0) is 34.1. The first-order chi connectivity index (χ1) is 25.2. The number of hydrogen-bond acceptors (Lipinski definition) is 2. The molecule has 2 heteroatoms. The number of aryl methyl sites for hydroxylation is 1. The molecule has 0 aliphatic carbocycles. The van der Waals surface area contributed by atoms with Crippen molar-refractivity contribution in [2.45, 2.75) is 6.92 Å². The van der Waals surface area contributed by atoms with Gasteiger partial charge in [-0.2, -0.15) is 0 Å². The van der Waals surface area contributed by atoms with E-state index in [9.17, 15) is 0 Å². The first-order valence-electron chi connectivity index (χ1n) is 17.4. The lowest BCUT2D eigenvalue weighted by Gasteiger charge is -2.18. The molecular weight excluding hydrogens is 637 g/mol. The summed E-state index contributed by atoms with van der Waals surface area (Å²) >= 11 is 1.85. The molecule has 10 aromatic rings. The Labute approximate surface area is 300 Å². The van der Waals surface area contributed by atoms with Gasteiger partial charge in [0.15, 0.2) is 0 Å². The highest BCUT2D eigenvalue weighted by atomic mass is 32.1. The number of hydrogen-bond donors (Lipinski definition) is 0. The van der Waals surface area contributed by atoms with Gasteiger partial charge in [0.1, 0.15) is 11.3 Å². The van der Waals surface area contributed by atoms with Crippen LogP contribution in [0, 0.1) is 6.92 Å². The number of furan rings is 1. The van der Waals surface area contributed by atoms with Gasteiger partial charge in [0.2, 0.25) is 0 Å². The van der Waals surface area contributed by atoms with Gasteiger partial charge in [0, 0.05) is 31.1 Å². The Bertz CT molecular complexity index is 2920. The molecule has 0 radical (unpaired) electrons. The second-order valence-corrected chi connectivity index (χ2v) is 14.4. The molecule has 0 saturated heterocycles. The Hall–Kier alpha value is -6.22. The Morgan fingerprint density at radius 1 is 0.451 bits per heavy atom. The molecule has 0 spiro atoms. The average molecular weight is 669 g/mol. The lowest BCUT2D eigenvalue weighted by molar-refractivity contribution is 0.606. The summed E-state index contributed by atoms with van der Waals surface area (Å²) in [6.07, 6.45) is 1.87. The van der Waals surface area contributed by atoms with E-state index in [2.05, 4.69) is 171 Å². The lowest BCUT2D eigenvalue weighted by Crippen LogP contribution is -1.91. The Kier molecular flexibility index (Phi) is 6.80. The second-order valence-electron chi connectivity index (χ2n) is 13.3. The van der Waals surface area contributed by atoms with E-state index in [-0.39, 0.29) is 0 Å². The average Bonchev–Trinajstić information content (AvgIpc) is 3.75. The molecule has 0 aliphatic heterocycles. The van der Waals surface area contributed by atoms with E-state index in [0.717, 1.165) is 27.9 Å². The Morgan fingerprint density at radius 3 is 1.67 bits per heavy atom. The summed E-state index contributed by atoms with van der Waals surface area (Å²) in [7, 11) is 0. The molecule has 0 aliphatic rings. The maximum atomic E-state index is 6.71. The van der Waals surface area contributed by atoms with Crippen molar-refractivity contribution in [1.29, 1.82) is 0 Å². The van der Waals surface area contributed by atoms with Crippen LogP contribution in [0.4, 0.5) is 0 Å². The number of benzene rings is 8. The molecule has 10 rings (SSSR count). The Morgan fingerprint density at radius 2 is 1.00 bits per heavy atom. The molecule has 51 heavy (non-hydrogen) atoms. The summed E-state index contributed by atoms with van der Waals surface area (Å²) in [5.74, 6) is 0.803. The smallest absolute Gasteiger partial charge is 0.136 e. The highest BCUT2D eigenvalue weighted by Gasteiger charge is 2.22. The van der Waals surface area contributed by atoms with Gasteiger partial charge in [-0.15, -0.1) is 11.3 Å². The standard InChI is InChI=1S/C49H32OS/c1-3-41-48(45-30(2)21-28-44-49(45)40-19-11-12-20-43(40)51-44)39-27-26-34(29-42(39)50-41)47-37-17-9-7-15-35(37)46(36-16-8-10-18-38(36)47)33-24-22-32(23-25-33)31-13-5-4-6-14-31/h3-29H,1H2,2H3. The minimum Gasteiger partial charge on any atom is -0.456 e. The van der Waals surface area contributed by atoms with Crippen LogP contribution >= 0.6 is 11.3 Å². The van der Waals surface area contributed by atoms with Crippen LogP contribution in [-0.4, -0.2) is 0 Å². The zero-order valence-corrected chi connectivity index (χ0v) is 28.9. The van der Waals surface area contributed by atoms with Gasteiger partial charge in [-0.1, -0.05) is 140 Å². The van der Waals surface area contributed by atoms with Crippen molar-refractivity contribution in [3.8, 4) is 44.5 Å². The molecule has 0 bridgehead atoms. The van der Waals surface area contributed by atoms with Gasteiger partial charge in [-0.05, 0) is 103 Å². The van der Waals surface area contributed by atoms with E-state index in [0.29, 0.717) is 0 Å². The first-order valence-corrected chi connectivity index (χ1v) is 18.2. The van der Waals surface area contributed by atoms with E-state index in [1.807, 2.05) is 17.4 Å². The normalized spacial score (nSPS) is 11.7. The van der Waals surface area contributed by atoms with Gasteiger partial charge in [-0.25, -0.2) is 0 Å². The number of rotatable bonds is 5. The Balaban J connectivity index is 1.19. The molecular formula is C49H32OS. The third-order valence-corrected chi connectivity index (χ3v) is 11.5. The van der Waals surface area contributed by atoms with Crippen molar-refractivity contribution in [2.75, 3.05) is 0 Å². The van der Waals surface area contributed by atoms with Crippen LogP contribution in [0.3, 0.4) is 0 Å². The summed E-state index contributed by atoms with van der Waals surface area (Å²) < 4.78 is 9.29. The van der Waals surface area contributed by atoms with Crippen LogP contribution in [-0.2, 0) is 0 Å². The van der Waals surface area contributed by atoms with Gasteiger partial charge >= 0.3 is 0 Å². The molecule has 8 aromatic carbocycles. The first kappa shape index (κ1) is 29.7. The fraction of sp³-hybridized carbons (Fsp3) is 0.0204. The molecule has 2 aromatic heterocycles. The number of fused-ring (bicyclic) bond motifs is 6. The maximum absolute atomic E-state index is 6.71. The third kappa shape index (κ3) is 4.61. The maximum Gasteiger partial charge on any atom is 0.136 e. The molecule has 2 heterocycles. The lowest BCUT2D eigenvalue weighted by atomic mass is 9.85. The van der Waals surface area contributed by atoms with Crippen molar-refractivity contribution < 1.29 is 4.42 Å². The zero-order valence-electron chi connectivity index (χ0n) is 28.1. The van der Waals surface area contributed by atoms with E-state index in [1.165, 1.54) is 80.7 Å². The molecule has 0 amide bonds. The molecule has 0 unspecified atom stereocenters. The predicted molar refractivity (Wildman–Crippen MR) is 221 cm³/mol. The van der Waals surface area contributed by atoms with Gasteiger partial charge in [0.25, 0.3) is 0 Å². The molecule has 0 saturated carbocycles. The van der Waals surface area contributed by atoms with Crippen LogP contribution in [0.1, 0.15) is 11.3 Å². The van der Waals surface area contributed by atoms with E-state index in [4.69, 9.17) is 4.42 Å². The van der Waals surface area contributed by atoms with Crippen molar-refractivity contribution in [1.82, 2.24) is 0 Å². The van der Waals surface area contributed by atoms with Crippen molar-refractivity contribution in [3.63, 3.8) is 0 Å². The van der Waals surface area contributed by atoms with Crippen LogP contribution in [0.2, 0.25) is 0 Å². The minimum atomic E-state index is 0.803. The molecule has 0 fully saturated rings.